The minimum absolute atomic E-state index is 0.00459. The molecule has 12 bridgehead atoms. The first-order valence-electron chi connectivity index (χ1n) is 36.9. The van der Waals surface area contributed by atoms with E-state index in [0.29, 0.717) is 29.0 Å². The van der Waals surface area contributed by atoms with Gasteiger partial charge in [-0.3, -0.25) is 43.2 Å². The van der Waals surface area contributed by atoms with Crippen LogP contribution in [0.5, 0.6) is 17.4 Å². The Morgan fingerprint density at radius 2 is 1.09 bits per heavy atom. The highest BCUT2D eigenvalue weighted by Gasteiger charge is 2.49. The smallest absolute Gasteiger partial charge is 0.326 e. The number of nitrogens with zero attached hydrogens (tertiary/aromatic N) is 8. The summed E-state index contributed by atoms with van der Waals surface area (Å²) in [6, 6.07) is 31.3. The number of ether oxygens (including phenoxy) is 2. The van der Waals surface area contributed by atoms with Gasteiger partial charge in [0.1, 0.15) is 47.7 Å². The molecule has 8 heterocycles. The number of hydrogen-bond acceptors (Lipinski definition) is 17. The van der Waals surface area contributed by atoms with E-state index in [1.165, 1.54) is 44.9 Å². The van der Waals surface area contributed by atoms with E-state index >= 15 is 24.0 Å². The Bertz CT molecular complexity index is 4660. The van der Waals surface area contributed by atoms with Crippen molar-refractivity contribution in [2.24, 2.45) is 28.6 Å². The molecule has 6 aromatic carbocycles. The molecule has 12 atom stereocenters. The van der Waals surface area contributed by atoms with Crippen LogP contribution in [0.3, 0.4) is 0 Å². The van der Waals surface area contributed by atoms with E-state index in [9.17, 15) is 34.2 Å². The molecule has 1 unspecified atom stereocenters. The van der Waals surface area contributed by atoms with Crippen LogP contribution in [0.25, 0.3) is 21.5 Å². The molecular formula is C82H96N12O14. The normalized spacial score (nSPS) is 21.8. The summed E-state index contributed by atoms with van der Waals surface area (Å²) in [5.74, 6) is -10.2. The molecule has 26 nitrogen and oxygen atoms in total. The number of carbonyl (C=O) groups is 10. The first-order chi connectivity index (χ1) is 51.4. The molecule has 2 aromatic heterocycles. The van der Waals surface area contributed by atoms with Crippen molar-refractivity contribution in [3.63, 3.8) is 0 Å². The average molecular weight is 1470 g/mol. The van der Waals surface area contributed by atoms with E-state index in [2.05, 4.69) is 41.9 Å². The lowest BCUT2D eigenvalue weighted by molar-refractivity contribution is -0.144. The Balaban J connectivity index is 0.948. The Morgan fingerprint density at radius 3 is 1.62 bits per heavy atom. The standard InChI is InChI=1S/C82H96N12O14/c1-11-47(2)74(98)85-72(81(4,5)6)77(101)91-43-60-39-66(91)69(96)37-57(34-50-20-24-52-16-12-14-18-55(52)32-50)68(95)41-64(79(103)104)54-26-30-63(31-27-54)108-71-45-94(90-88-71)61-40-67(92(44-61)78(102)73(82(7,8)9)86-75(99)48(3)83-10)70(97)38-58(35-51-21-25-53-17-13-15-19-56(53)33-51)76(100)84-65(80(105)106)36-49-22-28-62(29-23-49)107-46-59-42-93(60)89-87-59/h12-33,42,45,47-48,57-58,60-61,64-67,72-73,83H,11,34-41,43-44,46H2,1-10H3,(H,84,100)(H,85,98)(H,86,99)(H,103,104)(H,105,106)/t47-,48+,57-,58?,60+,61+,64+,65+,66+,67+,72-,73-/m1/s1. The van der Waals surface area contributed by atoms with Gasteiger partial charge in [-0.1, -0.05) is 180 Å². The molecule has 5 amide bonds. The van der Waals surface area contributed by atoms with E-state index in [1.54, 1.807) is 76.8 Å². The number of likely N-dealkylation sites (N-methyl/N-ethyl adjacent to an activating group) is 1. The zero-order valence-corrected chi connectivity index (χ0v) is 62.6. The van der Waals surface area contributed by atoms with Crippen LogP contribution in [0.4, 0.5) is 0 Å². The second-order valence-corrected chi connectivity index (χ2v) is 31.2. The Morgan fingerprint density at radius 1 is 0.583 bits per heavy atom. The second kappa shape index (κ2) is 33.4. The summed E-state index contributed by atoms with van der Waals surface area (Å²) in [5, 5.41) is 54.5. The number of ketones is 3. The molecule has 6 aliphatic heterocycles. The van der Waals surface area contributed by atoms with Crippen LogP contribution < -0.4 is 30.7 Å². The molecule has 8 aromatic rings. The van der Waals surface area contributed by atoms with Gasteiger partial charge < -0.3 is 50.8 Å². The Kier molecular flexibility index (Phi) is 24.1. The van der Waals surface area contributed by atoms with Gasteiger partial charge in [0.25, 0.3) is 5.88 Å². The number of aromatic nitrogens is 6. The summed E-state index contributed by atoms with van der Waals surface area (Å²) in [5.41, 5.74) is 0.841. The number of Topliss-reactive ketones (excluding diaryl/α,β-unsaturated/α-hetero) is 3. The fourth-order valence-electron chi connectivity index (χ4n) is 14.5. The van der Waals surface area contributed by atoms with Gasteiger partial charge in [0.05, 0.1) is 48.5 Å². The first kappa shape index (κ1) is 78.1. The van der Waals surface area contributed by atoms with Crippen LogP contribution in [0.1, 0.15) is 147 Å². The molecule has 2 fully saturated rings. The molecule has 0 aliphatic carbocycles. The third kappa shape index (κ3) is 18.7. The van der Waals surface area contributed by atoms with Crippen LogP contribution in [0.15, 0.2) is 146 Å². The number of likely N-dealkylation sites (tertiary alicyclic amines) is 2. The fourth-order valence-corrected chi connectivity index (χ4v) is 14.5. The van der Waals surface area contributed by atoms with Crippen molar-refractivity contribution in [2.45, 2.75) is 181 Å². The number of nitrogens with one attached hydrogen (secondary N) is 4. The van der Waals surface area contributed by atoms with Gasteiger partial charge in [-0.2, -0.15) is 0 Å². The van der Waals surface area contributed by atoms with E-state index < -0.39 is 149 Å². The summed E-state index contributed by atoms with van der Waals surface area (Å²) in [6.45, 7) is 15.9. The van der Waals surface area contributed by atoms with Crippen LogP contribution in [-0.2, 0) is 73.8 Å². The molecule has 0 spiro atoms. The third-order valence-electron chi connectivity index (χ3n) is 21.2. The zero-order valence-electron chi connectivity index (χ0n) is 62.6. The van der Waals surface area contributed by atoms with Crippen molar-refractivity contribution >= 4 is 80.4 Å². The summed E-state index contributed by atoms with van der Waals surface area (Å²) >= 11 is 0. The van der Waals surface area contributed by atoms with Crippen molar-refractivity contribution < 1.29 is 67.6 Å². The number of rotatable bonds is 14. The number of hydrogen-bond donors (Lipinski definition) is 6. The lowest BCUT2D eigenvalue weighted by Gasteiger charge is -2.36. The van der Waals surface area contributed by atoms with Crippen molar-refractivity contribution in [1.82, 2.24) is 61.1 Å². The van der Waals surface area contributed by atoms with Crippen LogP contribution in [0.2, 0.25) is 0 Å². The minimum Gasteiger partial charge on any atom is -0.487 e. The predicted octanol–water partition coefficient (Wildman–Crippen LogP) is 9.14. The molecule has 108 heavy (non-hydrogen) atoms. The Labute approximate surface area is 627 Å². The van der Waals surface area contributed by atoms with Gasteiger partial charge in [0.2, 0.25) is 29.5 Å². The van der Waals surface area contributed by atoms with Gasteiger partial charge in [-0.15, -0.1) is 5.10 Å². The summed E-state index contributed by atoms with van der Waals surface area (Å²) in [4.78, 5) is 148. The summed E-state index contributed by atoms with van der Waals surface area (Å²) < 4.78 is 15.4. The quantitative estimate of drug-likeness (QED) is 0.0590. The van der Waals surface area contributed by atoms with E-state index in [-0.39, 0.29) is 81.3 Å². The van der Waals surface area contributed by atoms with Gasteiger partial charge in [0.15, 0.2) is 11.6 Å². The monoisotopic (exact) mass is 1470 g/mol. The minimum atomic E-state index is -1.47. The molecule has 2 saturated heterocycles. The van der Waals surface area contributed by atoms with Crippen molar-refractivity contribution in [2.75, 3.05) is 20.1 Å². The number of aliphatic carboxylic acids is 2. The van der Waals surface area contributed by atoms with Crippen LogP contribution in [0, 0.1) is 28.6 Å². The van der Waals surface area contributed by atoms with Crippen LogP contribution >= 0.6 is 0 Å². The van der Waals surface area contributed by atoms with Crippen LogP contribution in [-0.4, -0.2) is 165 Å². The summed E-state index contributed by atoms with van der Waals surface area (Å²) in [7, 11) is 1.61. The SMILES string of the molecule is CC[C@@H](C)C(=O)N[C@H](C(=O)N1C[C@@H]2C[C@H]1C(=O)C[C@@H](Cc1ccc3ccccc3c1)C(=O)C[C@H](C(=O)O)c1ccc(cc1)Oc1cn(nn1)[C@H]1C[C@@H](C(=O)CC(Cc3ccc4ccccc4c3)C(=O)N[C@H](C(=O)O)Cc3ccc(cc3)OCc3cn2nn3)N(C(=O)[C@@H](NC(=O)[C@H](C)NC)C(C)(C)C)C1)C(C)(C)C. The average Bonchev–Trinajstić information content (AvgIpc) is 1.63. The number of fused-ring (bicyclic) bond motifs is 2. The number of carboxylic acid groups (broad SMARTS) is 2. The topological polar surface area (TPSA) is 346 Å². The fraction of sp³-hybridized carbons (Fsp3) is 0.439. The van der Waals surface area contributed by atoms with Crippen molar-refractivity contribution in [3.8, 4) is 17.4 Å². The lowest BCUT2D eigenvalue weighted by Crippen LogP contribution is -2.59. The largest absolute Gasteiger partial charge is 0.487 e. The summed E-state index contributed by atoms with van der Waals surface area (Å²) in [6.07, 6.45) is 2.23. The lowest BCUT2D eigenvalue weighted by atomic mass is 9.82. The van der Waals surface area contributed by atoms with Gasteiger partial charge in [0, 0.05) is 56.5 Å². The van der Waals surface area contributed by atoms with Gasteiger partial charge in [-0.05, 0) is 125 Å². The van der Waals surface area contributed by atoms with Gasteiger partial charge in [-0.25, -0.2) is 14.2 Å². The molecule has 568 valence electrons. The first-order valence-corrected chi connectivity index (χ1v) is 36.9. The molecular weight excluding hydrogens is 1380 g/mol. The maximum absolute atomic E-state index is 15.5. The highest BCUT2D eigenvalue weighted by Crippen LogP contribution is 2.38. The highest BCUT2D eigenvalue weighted by atomic mass is 16.5. The number of amides is 5. The molecule has 6 N–H and O–H groups in total. The molecule has 0 saturated carbocycles. The highest BCUT2D eigenvalue weighted by molar-refractivity contribution is 5.99. The molecule has 6 aliphatic rings. The molecule has 14 rings (SSSR count). The third-order valence-corrected chi connectivity index (χ3v) is 21.2. The van der Waals surface area contributed by atoms with E-state index in [0.717, 1.165) is 27.1 Å². The number of benzene rings is 6. The maximum Gasteiger partial charge on any atom is 0.326 e. The Hall–Kier alpha value is -11.0. The van der Waals surface area contributed by atoms with E-state index in [4.69, 9.17) is 9.47 Å². The van der Waals surface area contributed by atoms with Gasteiger partial charge >= 0.3 is 11.9 Å². The van der Waals surface area contributed by atoms with Crippen molar-refractivity contribution in [1.29, 1.82) is 0 Å². The maximum atomic E-state index is 15.5. The van der Waals surface area contributed by atoms with E-state index in [1.807, 2.05) is 113 Å². The van der Waals surface area contributed by atoms with Crippen molar-refractivity contribution in [3.05, 3.63) is 174 Å². The second-order valence-electron chi connectivity index (χ2n) is 31.2. The zero-order chi connectivity index (χ0) is 77.5. The molecule has 26 heteroatoms. The number of carboxylic acids is 2. The predicted molar refractivity (Wildman–Crippen MR) is 401 cm³/mol. The molecule has 0 radical (unpaired) electrons. The number of carbonyl (C=O) groups excluding carboxylic acids is 8.